The average molecular weight is 199 g/mol. The number of allylic oxidation sites excluding steroid dienone is 1. The fraction of sp³-hybridized carbons (Fsp3) is 0.727. The Hall–Kier alpha value is -0.830. The lowest BCUT2D eigenvalue weighted by Crippen LogP contribution is -2.27. The second-order valence-electron chi connectivity index (χ2n) is 3.45. The van der Waals surface area contributed by atoms with Gasteiger partial charge in [0.2, 0.25) is 0 Å². The summed E-state index contributed by atoms with van der Waals surface area (Å²) in [6, 6.07) is -0.542. The van der Waals surface area contributed by atoms with Crippen LogP contribution in [0.2, 0.25) is 0 Å². The zero-order valence-electron chi connectivity index (χ0n) is 9.16. The molecule has 0 aromatic carbocycles. The third-order valence-electron chi connectivity index (χ3n) is 1.88. The van der Waals surface area contributed by atoms with Crippen LogP contribution in [0.4, 0.5) is 0 Å². The molecule has 3 nitrogen and oxygen atoms in total. The highest BCUT2D eigenvalue weighted by molar-refractivity contribution is 5.75. The Balaban J connectivity index is 3.32. The molecule has 0 aromatic heterocycles. The van der Waals surface area contributed by atoms with E-state index >= 15 is 0 Å². The van der Waals surface area contributed by atoms with Crippen LogP contribution in [0, 0.1) is 0 Å². The summed E-state index contributed by atoms with van der Waals surface area (Å²) in [7, 11) is 0. The maximum Gasteiger partial charge on any atom is 0.327 e. The largest absolute Gasteiger partial charge is 0.434 e. The Morgan fingerprint density at radius 1 is 1.43 bits per heavy atom. The molecule has 0 saturated carbocycles. The first-order valence-electron chi connectivity index (χ1n) is 5.29. The summed E-state index contributed by atoms with van der Waals surface area (Å²) in [6.45, 7) is 3.79. The lowest BCUT2D eigenvalue weighted by atomic mass is 10.1. The monoisotopic (exact) mass is 199 g/mol. The van der Waals surface area contributed by atoms with Gasteiger partial charge in [-0.25, -0.2) is 4.79 Å². The van der Waals surface area contributed by atoms with Crippen molar-refractivity contribution in [3.05, 3.63) is 12.3 Å². The second-order valence-corrected chi connectivity index (χ2v) is 3.45. The molecule has 0 spiro atoms. The minimum atomic E-state index is -0.542. The highest BCUT2D eigenvalue weighted by atomic mass is 16.5. The maximum absolute atomic E-state index is 10.9. The molecule has 0 bridgehead atoms. The Kier molecular flexibility index (Phi) is 8.24. The molecule has 0 amide bonds. The zero-order chi connectivity index (χ0) is 10.8. The van der Waals surface area contributed by atoms with Crippen LogP contribution >= 0.6 is 0 Å². The number of unbranched alkanes of at least 4 members (excludes halogenated alkanes) is 4. The van der Waals surface area contributed by atoms with Gasteiger partial charge in [-0.3, -0.25) is 0 Å². The first-order valence-corrected chi connectivity index (χ1v) is 5.29. The highest BCUT2D eigenvalue weighted by Crippen LogP contribution is 2.02. The van der Waals surface area contributed by atoms with Crippen molar-refractivity contribution < 1.29 is 9.53 Å². The summed E-state index contributed by atoms with van der Waals surface area (Å²) in [5, 5.41) is 0. The number of nitrogens with two attached hydrogens (primary N) is 1. The Labute approximate surface area is 86.3 Å². The van der Waals surface area contributed by atoms with Gasteiger partial charge in [-0.1, -0.05) is 26.2 Å². The SMILES string of the molecule is CCCCCCC=COC(=O)[C@@H](C)N. The minimum absolute atomic E-state index is 0.380. The lowest BCUT2D eigenvalue weighted by Gasteiger charge is -2.01. The van der Waals surface area contributed by atoms with E-state index in [2.05, 4.69) is 6.92 Å². The van der Waals surface area contributed by atoms with Crippen molar-refractivity contribution in [3.63, 3.8) is 0 Å². The van der Waals surface area contributed by atoms with Crippen molar-refractivity contribution in [2.75, 3.05) is 0 Å². The first kappa shape index (κ1) is 13.2. The quantitative estimate of drug-likeness (QED) is 0.389. The van der Waals surface area contributed by atoms with Gasteiger partial charge in [0.1, 0.15) is 6.04 Å². The van der Waals surface area contributed by atoms with E-state index in [9.17, 15) is 4.79 Å². The van der Waals surface area contributed by atoms with Gasteiger partial charge >= 0.3 is 5.97 Å². The third kappa shape index (κ3) is 7.80. The van der Waals surface area contributed by atoms with Crippen LogP contribution in [-0.2, 0) is 9.53 Å². The Morgan fingerprint density at radius 3 is 2.71 bits per heavy atom. The van der Waals surface area contributed by atoms with Crippen LogP contribution in [0.3, 0.4) is 0 Å². The van der Waals surface area contributed by atoms with Crippen molar-refractivity contribution in [1.82, 2.24) is 0 Å². The van der Waals surface area contributed by atoms with Crippen molar-refractivity contribution in [3.8, 4) is 0 Å². The minimum Gasteiger partial charge on any atom is -0.434 e. The van der Waals surface area contributed by atoms with Crippen LogP contribution in [0.15, 0.2) is 12.3 Å². The Bertz CT molecular complexity index is 176. The molecule has 0 rings (SSSR count). The summed E-state index contributed by atoms with van der Waals surface area (Å²) in [5.74, 6) is -0.380. The number of ether oxygens (including phenoxy) is 1. The molecule has 0 radical (unpaired) electrons. The average Bonchev–Trinajstić information content (AvgIpc) is 2.16. The van der Waals surface area contributed by atoms with Crippen LogP contribution in [0.5, 0.6) is 0 Å². The number of carbonyl (C=O) groups excluding carboxylic acids is 1. The van der Waals surface area contributed by atoms with Gasteiger partial charge in [0.25, 0.3) is 0 Å². The van der Waals surface area contributed by atoms with Gasteiger partial charge in [0, 0.05) is 0 Å². The predicted molar refractivity (Wildman–Crippen MR) is 57.6 cm³/mol. The number of rotatable bonds is 7. The molecule has 0 aromatic rings. The van der Waals surface area contributed by atoms with E-state index in [4.69, 9.17) is 10.5 Å². The predicted octanol–water partition coefficient (Wildman–Crippen LogP) is 2.36. The molecular weight excluding hydrogens is 178 g/mol. The summed E-state index contributed by atoms with van der Waals surface area (Å²) >= 11 is 0. The van der Waals surface area contributed by atoms with Crippen molar-refractivity contribution in [2.45, 2.75) is 52.0 Å². The molecule has 0 heterocycles. The zero-order valence-corrected chi connectivity index (χ0v) is 9.16. The molecular formula is C11H21NO2. The topological polar surface area (TPSA) is 52.3 Å². The van der Waals surface area contributed by atoms with E-state index < -0.39 is 6.04 Å². The molecule has 82 valence electrons. The van der Waals surface area contributed by atoms with Crippen molar-refractivity contribution in [2.24, 2.45) is 5.73 Å². The van der Waals surface area contributed by atoms with E-state index in [-0.39, 0.29) is 5.97 Å². The van der Waals surface area contributed by atoms with Crippen molar-refractivity contribution >= 4 is 5.97 Å². The fourth-order valence-corrected chi connectivity index (χ4v) is 0.980. The van der Waals surface area contributed by atoms with E-state index in [1.807, 2.05) is 6.08 Å². The van der Waals surface area contributed by atoms with E-state index in [1.165, 1.54) is 25.5 Å². The number of esters is 1. The molecule has 0 aliphatic rings. The summed E-state index contributed by atoms with van der Waals surface area (Å²) in [4.78, 5) is 10.9. The second kappa shape index (κ2) is 8.75. The van der Waals surface area contributed by atoms with Gasteiger partial charge in [0.05, 0.1) is 6.26 Å². The Morgan fingerprint density at radius 2 is 2.14 bits per heavy atom. The highest BCUT2D eigenvalue weighted by Gasteiger charge is 2.05. The molecule has 0 unspecified atom stereocenters. The van der Waals surface area contributed by atoms with Gasteiger partial charge in [-0.2, -0.15) is 0 Å². The molecule has 14 heavy (non-hydrogen) atoms. The van der Waals surface area contributed by atoms with Crippen LogP contribution in [0.25, 0.3) is 0 Å². The molecule has 1 atom stereocenters. The first-order chi connectivity index (χ1) is 6.68. The van der Waals surface area contributed by atoms with Gasteiger partial charge in [0.15, 0.2) is 0 Å². The van der Waals surface area contributed by atoms with E-state index in [0.29, 0.717) is 0 Å². The summed E-state index contributed by atoms with van der Waals surface area (Å²) in [6.07, 6.45) is 9.18. The molecule has 2 N–H and O–H groups in total. The fourth-order valence-electron chi connectivity index (χ4n) is 0.980. The van der Waals surface area contributed by atoms with Gasteiger partial charge < -0.3 is 10.5 Å². The normalized spacial score (nSPS) is 13.1. The molecule has 0 aliphatic carbocycles. The number of carbonyl (C=O) groups is 1. The van der Waals surface area contributed by atoms with E-state index in [0.717, 1.165) is 12.8 Å². The van der Waals surface area contributed by atoms with Crippen molar-refractivity contribution in [1.29, 1.82) is 0 Å². The number of hydrogen-bond donors (Lipinski definition) is 1. The smallest absolute Gasteiger partial charge is 0.327 e. The van der Waals surface area contributed by atoms with Crippen LogP contribution < -0.4 is 5.73 Å². The maximum atomic E-state index is 10.9. The van der Waals surface area contributed by atoms with Crippen LogP contribution in [-0.4, -0.2) is 12.0 Å². The summed E-state index contributed by atoms with van der Waals surface area (Å²) in [5.41, 5.74) is 5.31. The van der Waals surface area contributed by atoms with Gasteiger partial charge in [-0.05, 0) is 25.8 Å². The third-order valence-corrected chi connectivity index (χ3v) is 1.88. The lowest BCUT2D eigenvalue weighted by molar-refractivity contribution is -0.139. The summed E-state index contributed by atoms with van der Waals surface area (Å²) < 4.78 is 4.77. The molecule has 3 heteroatoms. The molecule has 0 saturated heterocycles. The molecule has 0 fully saturated rings. The van der Waals surface area contributed by atoms with Crippen LogP contribution in [0.1, 0.15) is 46.0 Å². The van der Waals surface area contributed by atoms with E-state index in [1.54, 1.807) is 6.92 Å². The molecule has 0 aliphatic heterocycles. The standard InChI is InChI=1S/C11H21NO2/c1-3-4-5-6-7-8-9-14-11(13)10(2)12/h8-10H,3-7,12H2,1-2H3/t10-/m1/s1. The van der Waals surface area contributed by atoms with Gasteiger partial charge in [-0.15, -0.1) is 0 Å². The number of hydrogen-bond acceptors (Lipinski definition) is 3.